The van der Waals surface area contributed by atoms with E-state index >= 15 is 0 Å². The fraction of sp³-hybridized carbons (Fsp3) is 0.370. The standard InChI is InChI=1S/C54H58N4O/c1-49(2,3)31-25-39-45-41(27-31)53(11,12)37-17-15-23-55-47(37)57(45)43-29-33(19-21-35(43)51(39,7)8)59-34-20-22-36-44(30-34)58-46-40(52(36,9)10)26-32(50(4,5)6)28-42(46)54(13,14)38-18-16-24-56-48(38)58/h15-30H,1-14H3. The molecule has 0 saturated carbocycles. The minimum Gasteiger partial charge on any atom is -0.457 e. The van der Waals surface area contributed by atoms with Gasteiger partial charge in [-0.05, 0) is 79.6 Å². The van der Waals surface area contributed by atoms with Crippen molar-refractivity contribution >= 4 is 34.4 Å². The van der Waals surface area contributed by atoms with Crippen molar-refractivity contribution in [2.24, 2.45) is 0 Å². The number of aromatic nitrogens is 2. The number of benzene rings is 4. The van der Waals surface area contributed by atoms with Gasteiger partial charge in [0.15, 0.2) is 0 Å². The zero-order valence-corrected chi connectivity index (χ0v) is 37.4. The maximum Gasteiger partial charge on any atom is 0.141 e. The van der Waals surface area contributed by atoms with Gasteiger partial charge in [0.25, 0.3) is 0 Å². The Hall–Kier alpha value is -5.42. The monoisotopic (exact) mass is 778 g/mol. The van der Waals surface area contributed by atoms with E-state index in [0.29, 0.717) is 0 Å². The van der Waals surface area contributed by atoms with Crippen molar-refractivity contribution in [3.05, 3.63) is 153 Å². The summed E-state index contributed by atoms with van der Waals surface area (Å²) in [6.07, 6.45) is 3.86. The summed E-state index contributed by atoms with van der Waals surface area (Å²) < 4.78 is 7.00. The molecule has 5 heteroatoms. The number of fused-ring (bicyclic) bond motifs is 8. The van der Waals surface area contributed by atoms with Gasteiger partial charge >= 0.3 is 0 Å². The van der Waals surface area contributed by atoms with Gasteiger partial charge in [0.2, 0.25) is 0 Å². The molecule has 0 atom stereocenters. The van der Waals surface area contributed by atoms with E-state index in [-0.39, 0.29) is 32.5 Å². The summed E-state index contributed by atoms with van der Waals surface area (Å²) in [6.45, 7) is 32.8. The Morgan fingerprint density at radius 2 is 0.763 bits per heavy atom. The van der Waals surface area contributed by atoms with E-state index in [1.54, 1.807) is 0 Å². The van der Waals surface area contributed by atoms with Crippen LogP contribution in [0.1, 0.15) is 153 Å². The number of hydrogen-bond acceptors (Lipinski definition) is 5. The van der Waals surface area contributed by atoms with E-state index < -0.39 is 0 Å². The lowest BCUT2D eigenvalue weighted by molar-refractivity contribution is 0.480. The molecule has 0 amide bonds. The quantitative estimate of drug-likeness (QED) is 0.175. The Kier molecular flexibility index (Phi) is 7.47. The first-order valence-electron chi connectivity index (χ1n) is 21.4. The Labute approximate surface area is 351 Å². The molecule has 6 heterocycles. The highest BCUT2D eigenvalue weighted by molar-refractivity contribution is 5.94. The molecule has 4 aromatic carbocycles. The Balaban J connectivity index is 1.13. The van der Waals surface area contributed by atoms with E-state index in [1.807, 2.05) is 12.4 Å². The maximum atomic E-state index is 7.00. The summed E-state index contributed by atoms with van der Waals surface area (Å²) in [4.78, 5) is 15.0. The van der Waals surface area contributed by atoms with Crippen LogP contribution in [0.15, 0.2) is 97.3 Å². The molecule has 300 valence electrons. The topological polar surface area (TPSA) is 41.5 Å². The molecule has 4 aliphatic heterocycles. The number of nitrogens with zero attached hydrogens (tertiary/aromatic N) is 4. The summed E-state index contributed by atoms with van der Waals surface area (Å²) in [5, 5.41) is 0. The molecule has 0 aliphatic carbocycles. The Bertz CT molecular complexity index is 2560. The van der Waals surface area contributed by atoms with Crippen molar-refractivity contribution < 1.29 is 4.74 Å². The van der Waals surface area contributed by atoms with E-state index in [9.17, 15) is 0 Å². The summed E-state index contributed by atoms with van der Waals surface area (Å²) in [5.74, 6) is 3.57. The van der Waals surface area contributed by atoms with Crippen LogP contribution in [0.25, 0.3) is 0 Å². The van der Waals surface area contributed by atoms with Crippen molar-refractivity contribution in [2.75, 3.05) is 9.80 Å². The van der Waals surface area contributed by atoms with Crippen LogP contribution in [0.4, 0.5) is 34.4 Å². The number of rotatable bonds is 2. The van der Waals surface area contributed by atoms with Gasteiger partial charge in [0.1, 0.15) is 23.1 Å². The van der Waals surface area contributed by atoms with Gasteiger partial charge in [-0.15, -0.1) is 0 Å². The summed E-state index contributed by atoms with van der Waals surface area (Å²) in [7, 11) is 0. The third-order valence-corrected chi connectivity index (χ3v) is 14.4. The van der Waals surface area contributed by atoms with Crippen LogP contribution in [0, 0.1) is 0 Å². The van der Waals surface area contributed by atoms with Crippen LogP contribution in [-0.2, 0) is 32.5 Å². The normalized spacial score (nSPS) is 18.1. The molecule has 5 nitrogen and oxygen atoms in total. The van der Waals surface area contributed by atoms with Gasteiger partial charge in [0.05, 0.1) is 22.7 Å². The second-order valence-electron chi connectivity index (χ2n) is 21.7. The van der Waals surface area contributed by atoms with Gasteiger partial charge in [-0.25, -0.2) is 9.97 Å². The first-order valence-corrected chi connectivity index (χ1v) is 21.4. The number of ether oxygens (including phenoxy) is 1. The second-order valence-corrected chi connectivity index (χ2v) is 21.7. The molecule has 59 heavy (non-hydrogen) atoms. The van der Waals surface area contributed by atoms with Gasteiger partial charge in [-0.1, -0.05) is 145 Å². The first-order chi connectivity index (χ1) is 27.5. The van der Waals surface area contributed by atoms with E-state index in [0.717, 1.165) is 34.5 Å². The van der Waals surface area contributed by atoms with Crippen LogP contribution >= 0.6 is 0 Å². The van der Waals surface area contributed by atoms with E-state index in [1.165, 1.54) is 67.0 Å². The number of hydrogen-bond donors (Lipinski definition) is 0. The van der Waals surface area contributed by atoms with Gasteiger partial charge in [-0.3, -0.25) is 9.80 Å². The fourth-order valence-corrected chi connectivity index (χ4v) is 10.6. The lowest BCUT2D eigenvalue weighted by Crippen LogP contribution is -2.39. The summed E-state index contributed by atoms with van der Waals surface area (Å²) >= 11 is 0. The van der Waals surface area contributed by atoms with E-state index in [4.69, 9.17) is 14.7 Å². The third kappa shape index (κ3) is 5.09. The zero-order chi connectivity index (χ0) is 42.0. The molecule has 0 bridgehead atoms. The minimum atomic E-state index is -0.254. The average molecular weight is 779 g/mol. The van der Waals surface area contributed by atoms with E-state index in [2.05, 4.69) is 192 Å². The van der Waals surface area contributed by atoms with Gasteiger partial charge in [0, 0.05) is 57.3 Å². The van der Waals surface area contributed by atoms with Crippen molar-refractivity contribution in [3.8, 4) is 11.5 Å². The van der Waals surface area contributed by atoms with Gasteiger partial charge in [-0.2, -0.15) is 0 Å². The zero-order valence-electron chi connectivity index (χ0n) is 37.4. The van der Waals surface area contributed by atoms with Crippen LogP contribution < -0.4 is 14.5 Å². The molecular weight excluding hydrogens is 721 g/mol. The highest BCUT2D eigenvalue weighted by atomic mass is 16.5. The van der Waals surface area contributed by atoms with Crippen LogP contribution in [0.3, 0.4) is 0 Å². The number of pyridine rings is 2. The highest BCUT2D eigenvalue weighted by Crippen LogP contribution is 2.63. The lowest BCUT2D eigenvalue weighted by Gasteiger charge is -2.49. The van der Waals surface area contributed by atoms with Crippen molar-refractivity contribution in [2.45, 2.75) is 129 Å². The van der Waals surface area contributed by atoms with Crippen molar-refractivity contribution in [1.82, 2.24) is 9.97 Å². The summed E-state index contributed by atoms with van der Waals surface area (Å²) in [6, 6.07) is 31.8. The molecule has 0 saturated heterocycles. The Morgan fingerprint density at radius 3 is 1.10 bits per heavy atom. The molecular formula is C54H58N4O. The number of anilines is 6. The largest absolute Gasteiger partial charge is 0.457 e. The van der Waals surface area contributed by atoms with Crippen LogP contribution in [0.2, 0.25) is 0 Å². The van der Waals surface area contributed by atoms with Gasteiger partial charge < -0.3 is 4.74 Å². The molecule has 4 aliphatic rings. The average Bonchev–Trinajstić information content (AvgIpc) is 3.16. The van der Waals surface area contributed by atoms with Crippen molar-refractivity contribution in [1.29, 1.82) is 0 Å². The third-order valence-electron chi connectivity index (χ3n) is 14.4. The van der Waals surface area contributed by atoms with Crippen LogP contribution in [0.5, 0.6) is 11.5 Å². The molecule has 0 spiro atoms. The lowest BCUT2D eigenvalue weighted by atomic mass is 9.65. The van der Waals surface area contributed by atoms with Crippen LogP contribution in [-0.4, -0.2) is 9.97 Å². The fourth-order valence-electron chi connectivity index (χ4n) is 10.6. The predicted molar refractivity (Wildman–Crippen MR) is 244 cm³/mol. The molecule has 2 aromatic heterocycles. The second kappa shape index (κ2) is 11.6. The molecule has 0 fully saturated rings. The molecule has 0 N–H and O–H groups in total. The van der Waals surface area contributed by atoms with Crippen molar-refractivity contribution in [3.63, 3.8) is 0 Å². The molecule has 0 unspecified atom stereocenters. The highest BCUT2D eigenvalue weighted by Gasteiger charge is 2.49. The maximum absolute atomic E-state index is 7.00. The molecule has 10 rings (SSSR count). The Morgan fingerprint density at radius 1 is 0.424 bits per heavy atom. The molecule has 0 radical (unpaired) electrons. The predicted octanol–water partition coefficient (Wildman–Crippen LogP) is 14.4. The minimum absolute atomic E-state index is 0.00135. The molecule has 6 aromatic rings. The SMILES string of the molecule is CC(C)(C)c1cc2c3c(c1)C(C)(C)c1cccnc1N3c1cc(Oc3ccc4c(c3)N3c5ncccc5C(C)(C)c5cc(C(C)(C)C)cc(c53)C4(C)C)ccc1C2(C)C. The summed E-state index contributed by atoms with van der Waals surface area (Å²) in [5.41, 5.74) is 16.8. The smallest absolute Gasteiger partial charge is 0.141 e. The first kappa shape index (κ1) is 37.8.